The second-order valence-electron chi connectivity index (χ2n) is 4.92. The molecule has 0 amide bonds. The van der Waals surface area contributed by atoms with Crippen LogP contribution in [-0.2, 0) is 4.79 Å². The van der Waals surface area contributed by atoms with Crippen LogP contribution in [0.1, 0.15) is 5.56 Å². The van der Waals surface area contributed by atoms with Crippen LogP contribution in [0.4, 0.5) is 5.69 Å². The standard InChI is InChI=1S/C19H18BrNO3S/c1-3-10-25-13-19(22)24-17-9-4-14(11-18(17)23-2)12-21-16-7-5-15(20)6-8-16/h3-9,11-12H,1,10,13H2,2H3. The number of methoxy groups -OCH3 is 1. The van der Waals surface area contributed by atoms with Crippen molar-refractivity contribution in [3.05, 3.63) is 65.2 Å². The van der Waals surface area contributed by atoms with Gasteiger partial charge in [0, 0.05) is 16.4 Å². The maximum atomic E-state index is 11.8. The average molecular weight is 420 g/mol. The van der Waals surface area contributed by atoms with Crippen molar-refractivity contribution in [1.29, 1.82) is 0 Å². The van der Waals surface area contributed by atoms with Crippen LogP contribution in [0.5, 0.6) is 11.5 Å². The van der Waals surface area contributed by atoms with Crippen molar-refractivity contribution in [2.45, 2.75) is 0 Å². The predicted octanol–water partition coefficient (Wildman–Crippen LogP) is 5.03. The minimum Gasteiger partial charge on any atom is -0.493 e. The highest BCUT2D eigenvalue weighted by Crippen LogP contribution is 2.28. The number of carbonyl (C=O) groups is 1. The molecule has 0 spiro atoms. The highest BCUT2D eigenvalue weighted by atomic mass is 79.9. The number of aliphatic imine (C=N–C) groups is 1. The fraction of sp³-hybridized carbons (Fsp3) is 0.158. The Labute approximate surface area is 160 Å². The van der Waals surface area contributed by atoms with Crippen molar-refractivity contribution in [2.75, 3.05) is 18.6 Å². The van der Waals surface area contributed by atoms with E-state index in [-0.39, 0.29) is 11.7 Å². The van der Waals surface area contributed by atoms with E-state index >= 15 is 0 Å². The van der Waals surface area contributed by atoms with Gasteiger partial charge in [-0.3, -0.25) is 9.79 Å². The smallest absolute Gasteiger partial charge is 0.321 e. The Morgan fingerprint density at radius 1 is 1.24 bits per heavy atom. The molecule has 0 unspecified atom stereocenters. The van der Waals surface area contributed by atoms with E-state index in [1.54, 1.807) is 24.4 Å². The molecule has 0 bridgehead atoms. The van der Waals surface area contributed by atoms with E-state index in [0.29, 0.717) is 17.3 Å². The molecule has 2 rings (SSSR count). The zero-order valence-corrected chi connectivity index (χ0v) is 16.2. The normalized spacial score (nSPS) is 10.6. The number of hydrogen-bond acceptors (Lipinski definition) is 5. The Morgan fingerprint density at radius 2 is 2.00 bits per heavy atom. The molecule has 0 saturated carbocycles. The number of ether oxygens (including phenoxy) is 2. The average Bonchev–Trinajstić information content (AvgIpc) is 2.62. The summed E-state index contributed by atoms with van der Waals surface area (Å²) in [5.74, 6) is 1.54. The first-order valence-electron chi connectivity index (χ1n) is 7.49. The van der Waals surface area contributed by atoms with E-state index in [4.69, 9.17) is 9.47 Å². The Morgan fingerprint density at radius 3 is 2.68 bits per heavy atom. The molecular formula is C19H18BrNO3S. The Kier molecular flexibility index (Phi) is 7.76. The van der Waals surface area contributed by atoms with Crippen LogP contribution < -0.4 is 9.47 Å². The topological polar surface area (TPSA) is 47.9 Å². The second kappa shape index (κ2) is 10.1. The molecule has 2 aromatic rings. The van der Waals surface area contributed by atoms with Crippen LogP contribution in [0.25, 0.3) is 0 Å². The number of thioether (sulfide) groups is 1. The molecule has 0 aliphatic carbocycles. The van der Waals surface area contributed by atoms with Gasteiger partial charge in [-0.1, -0.05) is 22.0 Å². The zero-order valence-electron chi connectivity index (χ0n) is 13.8. The summed E-state index contributed by atoms with van der Waals surface area (Å²) in [6.45, 7) is 3.61. The Hall–Kier alpha value is -2.05. The highest BCUT2D eigenvalue weighted by Gasteiger charge is 2.10. The lowest BCUT2D eigenvalue weighted by molar-refractivity contribution is -0.131. The number of halogens is 1. The van der Waals surface area contributed by atoms with Crippen molar-refractivity contribution >= 4 is 45.6 Å². The Balaban J connectivity index is 2.06. The van der Waals surface area contributed by atoms with Crippen molar-refractivity contribution in [3.63, 3.8) is 0 Å². The molecule has 0 radical (unpaired) electrons. The first kappa shape index (κ1) is 19.3. The highest BCUT2D eigenvalue weighted by molar-refractivity contribution is 9.10. The van der Waals surface area contributed by atoms with Gasteiger partial charge < -0.3 is 9.47 Å². The van der Waals surface area contributed by atoms with Crippen molar-refractivity contribution in [2.24, 2.45) is 4.99 Å². The molecule has 0 atom stereocenters. The molecule has 0 fully saturated rings. The minimum atomic E-state index is -0.318. The van der Waals surface area contributed by atoms with Gasteiger partial charge in [0.25, 0.3) is 0 Å². The summed E-state index contributed by atoms with van der Waals surface area (Å²) in [5, 5.41) is 0. The Bertz CT molecular complexity index is 760. The van der Waals surface area contributed by atoms with Gasteiger partial charge in [-0.15, -0.1) is 18.3 Å². The van der Waals surface area contributed by atoms with E-state index in [1.807, 2.05) is 30.3 Å². The molecular weight excluding hydrogens is 402 g/mol. The number of esters is 1. The molecule has 4 nitrogen and oxygen atoms in total. The van der Waals surface area contributed by atoms with E-state index < -0.39 is 0 Å². The van der Waals surface area contributed by atoms with E-state index in [1.165, 1.54) is 18.9 Å². The van der Waals surface area contributed by atoms with Gasteiger partial charge in [0.15, 0.2) is 11.5 Å². The predicted molar refractivity (Wildman–Crippen MR) is 108 cm³/mol. The summed E-state index contributed by atoms with van der Waals surface area (Å²) < 4.78 is 11.7. The van der Waals surface area contributed by atoms with Gasteiger partial charge in [0.2, 0.25) is 0 Å². The monoisotopic (exact) mass is 419 g/mol. The number of hydrogen-bond donors (Lipinski definition) is 0. The van der Waals surface area contributed by atoms with Crippen molar-refractivity contribution in [3.8, 4) is 11.5 Å². The van der Waals surface area contributed by atoms with Gasteiger partial charge in [0.05, 0.1) is 18.6 Å². The number of benzene rings is 2. The van der Waals surface area contributed by atoms with Crippen LogP contribution in [0.3, 0.4) is 0 Å². The van der Waals surface area contributed by atoms with Crippen LogP contribution in [-0.4, -0.2) is 30.8 Å². The quantitative estimate of drug-likeness (QED) is 0.198. The molecule has 6 heteroatoms. The van der Waals surface area contributed by atoms with Gasteiger partial charge >= 0.3 is 5.97 Å². The van der Waals surface area contributed by atoms with Crippen LogP contribution >= 0.6 is 27.7 Å². The lowest BCUT2D eigenvalue weighted by Crippen LogP contribution is -2.11. The van der Waals surface area contributed by atoms with E-state index in [0.717, 1.165) is 15.7 Å². The van der Waals surface area contributed by atoms with Gasteiger partial charge in [-0.2, -0.15) is 0 Å². The van der Waals surface area contributed by atoms with E-state index in [2.05, 4.69) is 27.5 Å². The first-order valence-corrected chi connectivity index (χ1v) is 9.44. The third-order valence-corrected chi connectivity index (χ3v) is 4.50. The van der Waals surface area contributed by atoms with Gasteiger partial charge in [-0.05, 0) is 48.0 Å². The SMILES string of the molecule is C=CCSCC(=O)Oc1ccc(C=Nc2ccc(Br)cc2)cc1OC. The second-order valence-corrected chi connectivity index (χ2v) is 6.87. The number of carbonyl (C=O) groups excluding carboxylic acids is 1. The summed E-state index contributed by atoms with van der Waals surface area (Å²) in [6, 6.07) is 13.0. The molecule has 2 aromatic carbocycles. The molecule has 0 aromatic heterocycles. The third-order valence-electron chi connectivity index (χ3n) is 3.06. The van der Waals surface area contributed by atoms with Crippen molar-refractivity contribution < 1.29 is 14.3 Å². The van der Waals surface area contributed by atoms with Crippen LogP contribution in [0, 0.1) is 0 Å². The van der Waals surface area contributed by atoms with Crippen LogP contribution in [0.2, 0.25) is 0 Å². The van der Waals surface area contributed by atoms with Crippen molar-refractivity contribution in [1.82, 2.24) is 0 Å². The number of nitrogens with zero attached hydrogens (tertiary/aromatic N) is 1. The molecule has 0 N–H and O–H groups in total. The van der Waals surface area contributed by atoms with Gasteiger partial charge in [-0.25, -0.2) is 0 Å². The summed E-state index contributed by atoms with van der Waals surface area (Å²) >= 11 is 4.84. The summed E-state index contributed by atoms with van der Waals surface area (Å²) in [4.78, 5) is 16.2. The molecule has 130 valence electrons. The third kappa shape index (κ3) is 6.40. The summed E-state index contributed by atoms with van der Waals surface area (Å²) in [5.41, 5.74) is 1.69. The fourth-order valence-electron chi connectivity index (χ4n) is 1.90. The molecule has 0 aliphatic heterocycles. The first-order chi connectivity index (χ1) is 12.1. The maximum Gasteiger partial charge on any atom is 0.321 e. The minimum absolute atomic E-state index is 0.266. The lowest BCUT2D eigenvalue weighted by atomic mass is 10.2. The lowest BCUT2D eigenvalue weighted by Gasteiger charge is -2.09. The summed E-state index contributed by atoms with van der Waals surface area (Å²) in [7, 11) is 1.54. The van der Waals surface area contributed by atoms with Crippen LogP contribution in [0.15, 0.2) is 64.6 Å². The molecule has 0 heterocycles. The van der Waals surface area contributed by atoms with E-state index in [9.17, 15) is 4.79 Å². The van der Waals surface area contributed by atoms with Gasteiger partial charge in [0.1, 0.15) is 0 Å². The molecule has 0 saturated heterocycles. The molecule has 0 aliphatic rings. The zero-order chi connectivity index (χ0) is 18.1. The summed E-state index contributed by atoms with van der Waals surface area (Å²) in [6.07, 6.45) is 3.48. The maximum absolute atomic E-state index is 11.8. The number of rotatable bonds is 8. The largest absolute Gasteiger partial charge is 0.493 e. The molecule has 25 heavy (non-hydrogen) atoms. The fourth-order valence-corrected chi connectivity index (χ4v) is 2.68.